The molecule has 0 radical (unpaired) electrons. The first-order valence-electron chi connectivity index (χ1n) is 8.21. The lowest BCUT2D eigenvalue weighted by Crippen LogP contribution is -2.56. The number of amides is 1. The number of anilines is 1. The first-order valence-corrected chi connectivity index (χ1v) is 8.21. The van der Waals surface area contributed by atoms with Crippen LogP contribution in [0.3, 0.4) is 0 Å². The van der Waals surface area contributed by atoms with Crippen molar-refractivity contribution in [2.24, 2.45) is 0 Å². The summed E-state index contributed by atoms with van der Waals surface area (Å²) in [6.45, 7) is 12.0. The van der Waals surface area contributed by atoms with Gasteiger partial charge in [0, 0.05) is 18.5 Å². The summed E-state index contributed by atoms with van der Waals surface area (Å²) in [4.78, 5) is 26.7. The van der Waals surface area contributed by atoms with Crippen molar-refractivity contribution in [1.82, 2.24) is 0 Å². The minimum atomic E-state index is -0.835. The first kappa shape index (κ1) is 17.3. The molecule has 124 valence electrons. The van der Waals surface area contributed by atoms with E-state index < -0.39 is 5.60 Å². The van der Waals surface area contributed by atoms with Crippen LogP contribution in [0, 0.1) is 0 Å². The molecule has 1 amide bonds. The van der Waals surface area contributed by atoms with Gasteiger partial charge in [-0.15, -0.1) is 0 Å². The molecule has 1 aromatic rings. The average molecular weight is 315 g/mol. The summed E-state index contributed by atoms with van der Waals surface area (Å²) in [6, 6.07) is 5.34. The quantitative estimate of drug-likeness (QED) is 0.585. The van der Waals surface area contributed by atoms with Gasteiger partial charge in [-0.3, -0.25) is 9.59 Å². The van der Waals surface area contributed by atoms with Crippen LogP contribution in [0.1, 0.15) is 57.3 Å². The van der Waals surface area contributed by atoms with Crippen LogP contribution in [0.15, 0.2) is 30.4 Å². The van der Waals surface area contributed by atoms with Crippen molar-refractivity contribution in [3.05, 3.63) is 35.9 Å². The lowest BCUT2D eigenvalue weighted by molar-refractivity contribution is -0.136. The Labute approximate surface area is 138 Å². The van der Waals surface area contributed by atoms with E-state index >= 15 is 0 Å². The highest BCUT2D eigenvalue weighted by molar-refractivity contribution is 6.05. The monoisotopic (exact) mass is 315 g/mol. The molecule has 0 unspecified atom stereocenters. The molecule has 0 aliphatic carbocycles. The predicted molar refractivity (Wildman–Crippen MR) is 92.2 cm³/mol. The molecule has 1 aromatic carbocycles. The zero-order valence-electron chi connectivity index (χ0n) is 14.4. The van der Waals surface area contributed by atoms with Gasteiger partial charge in [-0.2, -0.15) is 0 Å². The van der Waals surface area contributed by atoms with Gasteiger partial charge in [0.2, 0.25) is 0 Å². The van der Waals surface area contributed by atoms with E-state index in [1.807, 2.05) is 27.7 Å². The number of Topliss-reactive ketones (excluding diaryl/α,β-unsaturated/α-hetero) is 1. The molecule has 4 nitrogen and oxygen atoms in total. The summed E-state index contributed by atoms with van der Waals surface area (Å²) in [5.41, 5.74) is 1.32. The lowest BCUT2D eigenvalue weighted by atomic mass is 9.92. The van der Waals surface area contributed by atoms with Crippen molar-refractivity contribution >= 4 is 17.4 Å². The van der Waals surface area contributed by atoms with Gasteiger partial charge in [-0.25, -0.2) is 0 Å². The van der Waals surface area contributed by atoms with E-state index in [2.05, 4.69) is 6.58 Å². The summed E-state index contributed by atoms with van der Waals surface area (Å²) in [6.07, 6.45) is 1.64. The average Bonchev–Trinajstić information content (AvgIpc) is 2.56. The highest BCUT2D eigenvalue weighted by Crippen LogP contribution is 2.41. The minimum absolute atomic E-state index is 0.0540. The number of benzene rings is 1. The summed E-state index contributed by atoms with van der Waals surface area (Å²) >= 11 is 0. The molecular formula is C19H25NO3. The number of ether oxygens (including phenoxy) is 1. The van der Waals surface area contributed by atoms with Crippen LogP contribution in [-0.4, -0.2) is 23.8 Å². The van der Waals surface area contributed by atoms with Gasteiger partial charge in [0.25, 0.3) is 5.91 Å². The Bertz CT molecular complexity index is 644. The normalized spacial score (nSPS) is 15.8. The Morgan fingerprint density at radius 1 is 1.26 bits per heavy atom. The smallest absolute Gasteiger partial charge is 0.271 e. The fraction of sp³-hybridized carbons (Fsp3) is 0.474. The summed E-state index contributed by atoms with van der Waals surface area (Å²) in [7, 11) is 0. The molecule has 0 fully saturated rings. The summed E-state index contributed by atoms with van der Waals surface area (Å²) in [5.74, 6) is 0.652. The van der Waals surface area contributed by atoms with Crippen molar-refractivity contribution in [2.45, 2.75) is 52.6 Å². The van der Waals surface area contributed by atoms with Crippen LogP contribution in [0.5, 0.6) is 5.75 Å². The van der Waals surface area contributed by atoms with Gasteiger partial charge in [0.15, 0.2) is 11.4 Å². The Kier molecular flexibility index (Phi) is 4.93. The van der Waals surface area contributed by atoms with Crippen LogP contribution in [0.2, 0.25) is 0 Å². The fourth-order valence-corrected chi connectivity index (χ4v) is 2.93. The van der Waals surface area contributed by atoms with Crippen LogP contribution < -0.4 is 9.64 Å². The third-order valence-corrected chi connectivity index (χ3v) is 4.40. The molecule has 1 heterocycles. The highest BCUT2D eigenvalue weighted by Gasteiger charge is 2.45. The van der Waals surface area contributed by atoms with Gasteiger partial charge >= 0.3 is 0 Å². The zero-order valence-corrected chi connectivity index (χ0v) is 14.4. The topological polar surface area (TPSA) is 46.6 Å². The fourth-order valence-electron chi connectivity index (χ4n) is 2.93. The van der Waals surface area contributed by atoms with E-state index in [1.165, 1.54) is 0 Å². The van der Waals surface area contributed by atoms with Gasteiger partial charge < -0.3 is 9.64 Å². The molecule has 23 heavy (non-hydrogen) atoms. The van der Waals surface area contributed by atoms with Crippen LogP contribution >= 0.6 is 0 Å². The maximum Gasteiger partial charge on any atom is 0.271 e. The Morgan fingerprint density at radius 3 is 2.43 bits per heavy atom. The molecule has 1 aliphatic heterocycles. The van der Waals surface area contributed by atoms with Crippen molar-refractivity contribution in [3.8, 4) is 5.75 Å². The van der Waals surface area contributed by atoms with E-state index in [1.54, 1.807) is 23.1 Å². The van der Waals surface area contributed by atoms with Gasteiger partial charge in [-0.1, -0.05) is 32.9 Å². The second-order valence-corrected chi connectivity index (χ2v) is 6.11. The number of hydrogen-bond donors (Lipinski definition) is 0. The van der Waals surface area contributed by atoms with Crippen LogP contribution in [0.4, 0.5) is 5.69 Å². The van der Waals surface area contributed by atoms with E-state index in [4.69, 9.17) is 4.74 Å². The molecule has 2 rings (SSSR count). The van der Waals surface area contributed by atoms with Gasteiger partial charge in [0.1, 0.15) is 5.75 Å². The molecule has 0 aromatic heterocycles. The van der Waals surface area contributed by atoms with Crippen molar-refractivity contribution < 1.29 is 14.3 Å². The summed E-state index contributed by atoms with van der Waals surface area (Å²) < 4.78 is 6.08. The second kappa shape index (κ2) is 6.57. The number of rotatable bonds is 6. The molecule has 0 saturated carbocycles. The Balaban J connectivity index is 2.57. The van der Waals surface area contributed by atoms with Gasteiger partial charge in [0.05, 0.1) is 5.69 Å². The van der Waals surface area contributed by atoms with E-state index in [-0.39, 0.29) is 11.7 Å². The standard InChI is InChI=1S/C19H25NO3/c1-6-16(21)14-9-10-17-15(11-14)20(12-13(4)5)18(22)19(7-2,8-3)23-17/h9-11H,4,6-8,12H2,1-3,5H3. The lowest BCUT2D eigenvalue weighted by Gasteiger charge is -2.42. The number of hydrogen-bond acceptors (Lipinski definition) is 3. The number of fused-ring (bicyclic) bond motifs is 1. The highest BCUT2D eigenvalue weighted by atomic mass is 16.5. The zero-order chi connectivity index (χ0) is 17.2. The van der Waals surface area contributed by atoms with Crippen LogP contribution in [-0.2, 0) is 4.79 Å². The molecular weight excluding hydrogens is 290 g/mol. The maximum atomic E-state index is 13.0. The maximum absolute atomic E-state index is 13.0. The predicted octanol–water partition coefficient (Wildman–Crippen LogP) is 4.14. The Morgan fingerprint density at radius 2 is 1.91 bits per heavy atom. The number of carbonyl (C=O) groups is 2. The van der Waals surface area contributed by atoms with E-state index in [9.17, 15) is 9.59 Å². The van der Waals surface area contributed by atoms with Gasteiger partial charge in [-0.05, 0) is 38.0 Å². The molecule has 1 aliphatic rings. The minimum Gasteiger partial charge on any atom is -0.475 e. The second-order valence-electron chi connectivity index (χ2n) is 6.11. The molecule has 0 spiro atoms. The number of carbonyl (C=O) groups excluding carboxylic acids is 2. The third-order valence-electron chi connectivity index (χ3n) is 4.40. The van der Waals surface area contributed by atoms with E-state index in [0.29, 0.717) is 42.8 Å². The van der Waals surface area contributed by atoms with Crippen LogP contribution in [0.25, 0.3) is 0 Å². The van der Waals surface area contributed by atoms with Crippen molar-refractivity contribution in [3.63, 3.8) is 0 Å². The third kappa shape index (κ3) is 3.03. The first-order chi connectivity index (χ1) is 10.9. The number of nitrogens with zero attached hydrogens (tertiary/aromatic N) is 1. The van der Waals surface area contributed by atoms with E-state index in [0.717, 1.165) is 5.57 Å². The molecule has 0 bridgehead atoms. The SMILES string of the molecule is C=C(C)CN1C(=O)C(CC)(CC)Oc2ccc(C(=O)CC)cc21. The molecule has 0 saturated heterocycles. The van der Waals surface area contributed by atoms with Crippen molar-refractivity contribution in [2.75, 3.05) is 11.4 Å². The largest absolute Gasteiger partial charge is 0.475 e. The van der Waals surface area contributed by atoms with Crippen molar-refractivity contribution in [1.29, 1.82) is 0 Å². The molecule has 0 atom stereocenters. The molecule has 4 heteroatoms. The summed E-state index contributed by atoms with van der Waals surface area (Å²) in [5, 5.41) is 0. The Hall–Kier alpha value is -2.10. The molecule has 0 N–H and O–H groups in total. The number of ketones is 1.